The number of imidazole rings is 1. The van der Waals surface area contributed by atoms with Crippen molar-refractivity contribution in [3.63, 3.8) is 0 Å². The molecule has 0 aliphatic rings. The Morgan fingerprint density at radius 2 is 1.95 bits per heavy atom. The first-order chi connectivity index (χ1) is 19.3. The van der Waals surface area contributed by atoms with E-state index in [0.29, 0.717) is 40.4 Å². The number of unbranched alkanes of at least 4 members (excludes halogenated alkanes) is 2. The van der Waals surface area contributed by atoms with Crippen LogP contribution in [0.5, 0.6) is 0 Å². The minimum absolute atomic E-state index is 0.0870. The molecule has 1 aromatic heterocycles. The Morgan fingerprint density at radius 1 is 1.18 bits per heavy atom. The number of nitrogens with zero attached hydrogens (tertiary/aromatic N) is 4. The number of amides is 1. The number of rotatable bonds is 14. The largest absolute Gasteiger partial charge is 0.363 e. The number of hydrogen-bond acceptors (Lipinski definition) is 4. The Labute approximate surface area is 252 Å². The van der Waals surface area contributed by atoms with Crippen LogP contribution in [0.2, 0.25) is 10.0 Å². The summed E-state index contributed by atoms with van der Waals surface area (Å²) in [5.74, 6) is -0.0870. The van der Waals surface area contributed by atoms with Crippen LogP contribution in [0.3, 0.4) is 0 Å². The topological polar surface area (TPSA) is 86.0 Å². The third kappa shape index (κ3) is 9.51. The number of carbonyl (C=O) groups excluding carboxylic acids is 1. The van der Waals surface area contributed by atoms with Gasteiger partial charge in [-0.3, -0.25) is 4.79 Å². The monoisotopic (exact) mass is 598 g/mol. The number of hydrogen-bond donors (Lipinski definition) is 2. The van der Waals surface area contributed by atoms with Crippen molar-refractivity contribution in [1.29, 1.82) is 5.26 Å². The van der Waals surface area contributed by atoms with Crippen molar-refractivity contribution in [3.05, 3.63) is 87.4 Å². The maximum atomic E-state index is 13.1. The average molecular weight is 600 g/mol. The Bertz CT molecular complexity index is 1300. The summed E-state index contributed by atoms with van der Waals surface area (Å²) in [6.07, 6.45) is 7.66. The van der Waals surface area contributed by atoms with Crippen molar-refractivity contribution >= 4 is 46.4 Å². The van der Waals surface area contributed by atoms with Gasteiger partial charge in [-0.1, -0.05) is 74.2 Å². The van der Waals surface area contributed by atoms with Gasteiger partial charge in [-0.15, -0.1) is 0 Å². The highest BCUT2D eigenvalue weighted by Gasteiger charge is 2.20. The van der Waals surface area contributed by atoms with E-state index in [0.717, 1.165) is 49.0 Å². The lowest BCUT2D eigenvalue weighted by Gasteiger charge is -2.30. The standard InChI is InChI=1S/C30H36Cl2N6OS/c1-3-5-6-14-35-30(40)37(19-24-8-7-9-27(31)29(24)32)20-25(4-2)36-28(39)15-26-17-34-21-38(26)18-23-12-10-22(16-33)11-13-23/h7-13,17,21,25H,3-6,14-15,18-20H2,1-2H3,(H,35,40)(H,36,39). The molecule has 0 saturated carbocycles. The molecule has 0 aliphatic heterocycles. The Kier molecular flexibility index (Phi) is 12.7. The van der Waals surface area contributed by atoms with E-state index < -0.39 is 0 Å². The summed E-state index contributed by atoms with van der Waals surface area (Å²) >= 11 is 18.5. The van der Waals surface area contributed by atoms with E-state index in [2.05, 4.69) is 28.6 Å². The fraction of sp³-hybridized carbons (Fsp3) is 0.400. The molecular formula is C30H36Cl2N6OS. The smallest absolute Gasteiger partial charge is 0.226 e. The molecule has 3 rings (SSSR count). The molecule has 7 nitrogen and oxygen atoms in total. The molecule has 0 radical (unpaired) electrons. The van der Waals surface area contributed by atoms with Crippen molar-refractivity contribution in [2.45, 2.75) is 65.1 Å². The van der Waals surface area contributed by atoms with E-state index in [9.17, 15) is 4.79 Å². The van der Waals surface area contributed by atoms with E-state index in [1.165, 1.54) is 0 Å². The molecule has 40 heavy (non-hydrogen) atoms. The zero-order valence-corrected chi connectivity index (χ0v) is 25.3. The van der Waals surface area contributed by atoms with Gasteiger partial charge in [0, 0.05) is 44.1 Å². The van der Waals surface area contributed by atoms with Gasteiger partial charge in [0.25, 0.3) is 0 Å². The first kappa shape index (κ1) is 31.4. The van der Waals surface area contributed by atoms with Crippen LogP contribution in [0.4, 0.5) is 0 Å². The van der Waals surface area contributed by atoms with Crippen molar-refractivity contribution in [1.82, 2.24) is 25.1 Å². The number of carbonyl (C=O) groups is 1. The maximum Gasteiger partial charge on any atom is 0.226 e. The second-order valence-electron chi connectivity index (χ2n) is 9.70. The van der Waals surface area contributed by atoms with Crippen molar-refractivity contribution in [2.75, 3.05) is 13.1 Å². The van der Waals surface area contributed by atoms with Crippen molar-refractivity contribution in [3.8, 4) is 6.07 Å². The molecule has 1 atom stereocenters. The van der Waals surface area contributed by atoms with Gasteiger partial charge in [0.2, 0.25) is 5.91 Å². The molecule has 2 aromatic carbocycles. The first-order valence-electron chi connectivity index (χ1n) is 13.6. The lowest BCUT2D eigenvalue weighted by atomic mass is 10.1. The van der Waals surface area contributed by atoms with E-state index in [1.807, 2.05) is 40.7 Å². The van der Waals surface area contributed by atoms with E-state index in [1.54, 1.807) is 30.7 Å². The van der Waals surface area contributed by atoms with Gasteiger partial charge < -0.3 is 20.1 Å². The number of thiocarbonyl (C=S) groups is 1. The molecule has 0 aliphatic carbocycles. The molecule has 2 N–H and O–H groups in total. The van der Waals surface area contributed by atoms with Gasteiger partial charge in [0.1, 0.15) is 0 Å². The van der Waals surface area contributed by atoms with Crippen molar-refractivity contribution in [2.24, 2.45) is 0 Å². The van der Waals surface area contributed by atoms with E-state index in [4.69, 9.17) is 40.7 Å². The molecule has 0 fully saturated rings. The van der Waals surface area contributed by atoms with Gasteiger partial charge >= 0.3 is 0 Å². The molecule has 1 heterocycles. The highest BCUT2D eigenvalue weighted by molar-refractivity contribution is 7.80. The highest BCUT2D eigenvalue weighted by Crippen LogP contribution is 2.26. The quantitative estimate of drug-likeness (QED) is 0.172. The molecule has 212 valence electrons. The Morgan fingerprint density at radius 3 is 2.65 bits per heavy atom. The Balaban J connectivity index is 1.66. The zero-order valence-electron chi connectivity index (χ0n) is 23.0. The van der Waals surface area contributed by atoms with E-state index >= 15 is 0 Å². The summed E-state index contributed by atoms with van der Waals surface area (Å²) in [7, 11) is 0. The molecule has 1 unspecified atom stereocenters. The van der Waals surface area contributed by atoms with Crippen LogP contribution in [0, 0.1) is 11.3 Å². The molecule has 0 bridgehead atoms. The number of halogens is 2. The summed E-state index contributed by atoms with van der Waals surface area (Å²) < 4.78 is 1.95. The van der Waals surface area contributed by atoms with Gasteiger partial charge in [-0.2, -0.15) is 5.26 Å². The summed E-state index contributed by atoms with van der Waals surface area (Å²) in [4.78, 5) is 19.4. The van der Waals surface area contributed by atoms with Gasteiger partial charge in [0.15, 0.2) is 5.11 Å². The molecule has 1 amide bonds. The number of benzene rings is 2. The van der Waals surface area contributed by atoms with Crippen LogP contribution in [-0.4, -0.2) is 44.6 Å². The second kappa shape index (κ2) is 16.2. The van der Waals surface area contributed by atoms with Crippen LogP contribution in [0.15, 0.2) is 55.0 Å². The zero-order chi connectivity index (χ0) is 28.9. The lowest BCUT2D eigenvalue weighted by molar-refractivity contribution is -0.121. The third-order valence-electron chi connectivity index (χ3n) is 6.61. The van der Waals surface area contributed by atoms with Crippen LogP contribution < -0.4 is 10.6 Å². The summed E-state index contributed by atoms with van der Waals surface area (Å²) in [6.45, 7) is 6.57. The number of nitriles is 1. The predicted molar refractivity (Wildman–Crippen MR) is 165 cm³/mol. The molecule has 0 saturated heterocycles. The minimum atomic E-state index is -0.129. The third-order valence-corrected chi connectivity index (χ3v) is 7.87. The van der Waals surface area contributed by atoms with Crippen molar-refractivity contribution < 1.29 is 4.79 Å². The normalized spacial score (nSPS) is 11.5. The fourth-order valence-corrected chi connectivity index (χ4v) is 4.90. The molecular weight excluding hydrogens is 563 g/mol. The van der Waals surface area contributed by atoms with Crippen LogP contribution >= 0.6 is 35.4 Å². The fourth-order valence-electron chi connectivity index (χ4n) is 4.28. The van der Waals surface area contributed by atoms with Crippen LogP contribution in [0.1, 0.15) is 61.9 Å². The van der Waals surface area contributed by atoms with Gasteiger partial charge in [-0.25, -0.2) is 4.98 Å². The average Bonchev–Trinajstić information content (AvgIpc) is 3.38. The summed E-state index contributed by atoms with van der Waals surface area (Å²) in [5, 5.41) is 17.2. The van der Waals surface area contributed by atoms with Crippen LogP contribution in [0.25, 0.3) is 0 Å². The van der Waals surface area contributed by atoms with Crippen LogP contribution in [-0.2, 0) is 24.3 Å². The molecule has 0 spiro atoms. The lowest BCUT2D eigenvalue weighted by Crippen LogP contribution is -2.48. The summed E-state index contributed by atoms with van der Waals surface area (Å²) in [5.41, 5.74) is 3.33. The van der Waals surface area contributed by atoms with E-state index in [-0.39, 0.29) is 18.4 Å². The Hall–Kier alpha value is -3.12. The SMILES string of the molecule is CCCCCNC(=S)N(Cc1cccc(Cl)c1Cl)CC(CC)NC(=O)Cc1cncn1Cc1ccc(C#N)cc1. The minimum Gasteiger partial charge on any atom is -0.363 e. The number of aromatic nitrogens is 2. The second-order valence-corrected chi connectivity index (χ2v) is 10.9. The van der Waals surface area contributed by atoms with Gasteiger partial charge in [0.05, 0.1) is 34.4 Å². The summed E-state index contributed by atoms with van der Waals surface area (Å²) in [6, 6.07) is 15.0. The predicted octanol–water partition coefficient (Wildman–Crippen LogP) is 6.11. The molecule has 10 heteroatoms. The maximum absolute atomic E-state index is 13.1. The molecule has 3 aromatic rings. The highest BCUT2D eigenvalue weighted by atomic mass is 35.5. The first-order valence-corrected chi connectivity index (χ1v) is 14.7. The van der Waals surface area contributed by atoms with Gasteiger partial charge in [-0.05, 0) is 54.4 Å². The number of nitrogens with one attached hydrogen (secondary N) is 2.